The van der Waals surface area contributed by atoms with Crippen molar-refractivity contribution in [3.63, 3.8) is 0 Å². The van der Waals surface area contributed by atoms with Crippen LogP contribution >= 0.6 is 15.9 Å². The number of aromatic nitrogens is 4. The van der Waals surface area contributed by atoms with Gasteiger partial charge in [0.05, 0.1) is 13.1 Å². The first-order chi connectivity index (χ1) is 11.4. The van der Waals surface area contributed by atoms with Crippen molar-refractivity contribution in [2.45, 2.75) is 13.1 Å². The molecule has 8 nitrogen and oxygen atoms in total. The maximum absolute atomic E-state index is 12.8. The second-order valence-electron chi connectivity index (χ2n) is 4.73. The Morgan fingerprint density at radius 3 is 2.62 bits per heavy atom. The number of tetrazole rings is 1. The molecule has 2 aromatic rings. The third kappa shape index (κ3) is 4.72. The van der Waals surface area contributed by atoms with E-state index in [-0.39, 0.29) is 6.54 Å². The molecule has 0 fully saturated rings. The highest BCUT2D eigenvalue weighted by molar-refractivity contribution is 9.10. The summed E-state index contributed by atoms with van der Waals surface area (Å²) in [5.74, 6) is 0. The van der Waals surface area contributed by atoms with Crippen molar-refractivity contribution in [2.24, 2.45) is 0 Å². The third-order valence-electron chi connectivity index (χ3n) is 2.98. The zero-order valence-electron chi connectivity index (χ0n) is 12.1. The molecule has 0 aliphatic rings. The molecule has 0 aliphatic carbocycles. The molecular formula is C13H12BrF2N5O3. The van der Waals surface area contributed by atoms with Gasteiger partial charge in [0.25, 0.3) is 6.08 Å². The van der Waals surface area contributed by atoms with Crippen LogP contribution in [0.5, 0.6) is 0 Å². The number of carboxylic acid groups (broad SMARTS) is 1. The Hall–Kier alpha value is -2.56. The monoisotopic (exact) mass is 403 g/mol. The number of benzene rings is 1. The van der Waals surface area contributed by atoms with E-state index in [2.05, 4.69) is 26.4 Å². The maximum Gasteiger partial charge on any atom is 0.404 e. The summed E-state index contributed by atoms with van der Waals surface area (Å²) in [6, 6.07) is 7.17. The van der Waals surface area contributed by atoms with Gasteiger partial charge in [0.15, 0.2) is 0 Å². The predicted molar refractivity (Wildman–Crippen MR) is 82.8 cm³/mol. The van der Waals surface area contributed by atoms with Crippen LogP contribution in [-0.2, 0) is 13.1 Å². The molecule has 0 atom stereocenters. The van der Waals surface area contributed by atoms with Crippen molar-refractivity contribution in [2.75, 3.05) is 6.54 Å². The summed E-state index contributed by atoms with van der Waals surface area (Å²) in [4.78, 5) is 22.5. The highest BCUT2D eigenvalue weighted by atomic mass is 79.9. The average molecular weight is 404 g/mol. The van der Waals surface area contributed by atoms with E-state index in [1.165, 1.54) is 0 Å². The molecule has 0 saturated heterocycles. The number of carbonyl (C=O) groups is 1. The van der Waals surface area contributed by atoms with Crippen LogP contribution in [0.25, 0.3) is 0 Å². The number of halogens is 3. The van der Waals surface area contributed by atoms with E-state index in [0.29, 0.717) is 0 Å². The van der Waals surface area contributed by atoms with Gasteiger partial charge in [0.2, 0.25) is 0 Å². The van der Waals surface area contributed by atoms with E-state index in [1.54, 1.807) is 18.2 Å². The molecule has 0 saturated carbocycles. The molecule has 2 rings (SSSR count). The molecule has 1 heterocycles. The summed E-state index contributed by atoms with van der Waals surface area (Å²) in [7, 11) is 0. The number of nitrogens with zero attached hydrogens (tertiary/aromatic N) is 4. The van der Waals surface area contributed by atoms with Gasteiger partial charge in [0, 0.05) is 16.6 Å². The summed E-state index contributed by atoms with van der Waals surface area (Å²) >= 11 is 3.30. The molecule has 0 radical (unpaired) electrons. The van der Waals surface area contributed by atoms with Gasteiger partial charge in [-0.15, -0.1) is 0 Å². The van der Waals surface area contributed by atoms with Crippen LogP contribution in [0.1, 0.15) is 5.56 Å². The van der Waals surface area contributed by atoms with Gasteiger partial charge in [-0.3, -0.25) is 0 Å². The van der Waals surface area contributed by atoms with Crippen molar-refractivity contribution in [1.82, 2.24) is 25.1 Å². The number of amides is 1. The summed E-state index contributed by atoms with van der Waals surface area (Å²) in [6.07, 6.45) is -3.52. The van der Waals surface area contributed by atoms with E-state index < -0.39 is 36.5 Å². The molecular weight excluding hydrogens is 392 g/mol. The van der Waals surface area contributed by atoms with E-state index in [9.17, 15) is 18.4 Å². The minimum Gasteiger partial charge on any atom is -0.465 e. The minimum atomic E-state index is -2.07. The van der Waals surface area contributed by atoms with Crippen LogP contribution in [0.15, 0.2) is 45.2 Å². The lowest BCUT2D eigenvalue weighted by Gasteiger charge is -2.05. The Balaban J connectivity index is 2.15. The molecule has 0 unspecified atom stereocenters. The smallest absolute Gasteiger partial charge is 0.404 e. The second kappa shape index (κ2) is 7.81. The summed E-state index contributed by atoms with van der Waals surface area (Å²) in [5, 5.41) is 17.5. The molecule has 1 amide bonds. The quantitative estimate of drug-likeness (QED) is 0.763. The van der Waals surface area contributed by atoms with Gasteiger partial charge >= 0.3 is 11.8 Å². The lowest BCUT2D eigenvalue weighted by atomic mass is 10.2. The summed E-state index contributed by atoms with van der Waals surface area (Å²) in [5.41, 5.74) is -0.462. The highest BCUT2D eigenvalue weighted by Crippen LogP contribution is 2.12. The average Bonchev–Trinajstić information content (AvgIpc) is 2.84. The summed E-state index contributed by atoms with van der Waals surface area (Å²) in [6.45, 7) is -1.04. The number of nitrogens with one attached hydrogen (secondary N) is 1. The molecule has 128 valence electrons. The number of hydrogen-bond acceptors (Lipinski definition) is 4. The van der Waals surface area contributed by atoms with Crippen LogP contribution < -0.4 is 11.0 Å². The van der Waals surface area contributed by atoms with E-state index in [1.807, 2.05) is 11.4 Å². The first kappa shape index (κ1) is 17.8. The van der Waals surface area contributed by atoms with Crippen molar-refractivity contribution < 1.29 is 18.7 Å². The van der Waals surface area contributed by atoms with Gasteiger partial charge in [-0.05, 0) is 28.1 Å². The fraction of sp³-hybridized carbons (Fsp3) is 0.231. The van der Waals surface area contributed by atoms with Gasteiger partial charge < -0.3 is 10.4 Å². The lowest BCUT2D eigenvalue weighted by molar-refractivity contribution is 0.195. The molecule has 0 aliphatic heterocycles. The SMILES string of the molecule is O=C(O)NCC(Cn1nnn(Cc2cccc(Br)c2)c1=O)=C(F)F. The lowest BCUT2D eigenvalue weighted by Crippen LogP contribution is -2.30. The van der Waals surface area contributed by atoms with Crippen molar-refractivity contribution in [3.05, 3.63) is 56.4 Å². The molecule has 11 heteroatoms. The Kier molecular flexibility index (Phi) is 5.79. The predicted octanol–water partition coefficient (Wildman–Crippen LogP) is 1.67. The van der Waals surface area contributed by atoms with Gasteiger partial charge in [-0.25, -0.2) is 9.59 Å². The molecule has 0 bridgehead atoms. The van der Waals surface area contributed by atoms with Gasteiger partial charge in [-0.2, -0.15) is 18.1 Å². The van der Waals surface area contributed by atoms with Crippen LogP contribution in [-0.4, -0.2) is 37.5 Å². The standard InChI is InChI=1S/C13H12BrF2N5O3/c14-10-3-1-2-8(4-10)6-20-13(24)21(19-18-20)7-9(11(15)16)5-17-12(22)23/h1-4,17H,5-7H2,(H,22,23). The van der Waals surface area contributed by atoms with Crippen molar-refractivity contribution in [3.8, 4) is 0 Å². The highest BCUT2D eigenvalue weighted by Gasteiger charge is 2.14. The van der Waals surface area contributed by atoms with Crippen LogP contribution in [0, 0.1) is 0 Å². The molecule has 0 spiro atoms. The zero-order valence-corrected chi connectivity index (χ0v) is 13.7. The molecule has 2 N–H and O–H groups in total. The first-order valence-electron chi connectivity index (χ1n) is 6.61. The minimum absolute atomic E-state index is 0.128. The maximum atomic E-state index is 12.8. The largest absolute Gasteiger partial charge is 0.465 e. The van der Waals surface area contributed by atoms with Crippen molar-refractivity contribution in [1.29, 1.82) is 0 Å². The Morgan fingerprint density at radius 1 is 1.29 bits per heavy atom. The van der Waals surface area contributed by atoms with Crippen LogP contribution in [0.3, 0.4) is 0 Å². The first-order valence-corrected chi connectivity index (χ1v) is 7.41. The molecule has 1 aromatic heterocycles. The van der Waals surface area contributed by atoms with E-state index >= 15 is 0 Å². The fourth-order valence-electron chi connectivity index (χ4n) is 1.86. The third-order valence-corrected chi connectivity index (χ3v) is 3.47. The topological polar surface area (TPSA) is 102 Å². The fourth-order valence-corrected chi connectivity index (χ4v) is 2.31. The van der Waals surface area contributed by atoms with E-state index in [4.69, 9.17) is 5.11 Å². The number of hydrogen-bond donors (Lipinski definition) is 2. The number of rotatable bonds is 6. The zero-order chi connectivity index (χ0) is 17.7. The summed E-state index contributed by atoms with van der Waals surface area (Å²) < 4.78 is 28.3. The van der Waals surface area contributed by atoms with E-state index in [0.717, 1.165) is 19.4 Å². The van der Waals surface area contributed by atoms with Crippen LogP contribution in [0.2, 0.25) is 0 Å². The van der Waals surface area contributed by atoms with Crippen LogP contribution in [0.4, 0.5) is 13.6 Å². The Labute approximate surface area is 142 Å². The second-order valence-corrected chi connectivity index (χ2v) is 5.65. The van der Waals surface area contributed by atoms with Gasteiger partial charge in [0.1, 0.15) is 0 Å². The molecule has 24 heavy (non-hydrogen) atoms. The van der Waals surface area contributed by atoms with Gasteiger partial charge in [-0.1, -0.05) is 28.1 Å². The Bertz CT molecular complexity index is 829. The Morgan fingerprint density at radius 2 is 2.00 bits per heavy atom. The normalized spacial score (nSPS) is 10.5. The molecule has 1 aromatic carbocycles. The van der Waals surface area contributed by atoms with Crippen molar-refractivity contribution >= 4 is 22.0 Å².